The lowest BCUT2D eigenvalue weighted by Gasteiger charge is -2.17. The van der Waals surface area contributed by atoms with Gasteiger partial charge in [-0.2, -0.15) is 10.1 Å². The maximum atomic E-state index is 13.6. The van der Waals surface area contributed by atoms with E-state index in [1.165, 1.54) is 16.3 Å². The lowest BCUT2D eigenvalue weighted by Crippen LogP contribution is -2.35. The van der Waals surface area contributed by atoms with Crippen LogP contribution in [0.15, 0.2) is 57.3 Å². The van der Waals surface area contributed by atoms with Crippen molar-refractivity contribution in [3.8, 4) is 5.75 Å². The number of anilines is 2. The molecule has 1 aromatic heterocycles. The van der Waals surface area contributed by atoms with Gasteiger partial charge in [-0.3, -0.25) is 14.2 Å². The Morgan fingerprint density at radius 1 is 1.06 bits per heavy atom. The van der Waals surface area contributed by atoms with Crippen molar-refractivity contribution in [3.63, 3.8) is 0 Å². The van der Waals surface area contributed by atoms with E-state index in [-0.39, 0.29) is 11.5 Å². The third-order valence-electron chi connectivity index (χ3n) is 5.92. The standard InChI is InChI=1S/C25H23ClN4O3S2/c1-5-28-18-13-17(33-4)11-12-19(18)34-25(28)21-23(32)29(6-2)24(35-21)20-14(3)27-30(22(20)31)16-9-7-15(26)8-10-16/h7-13H,5-6H2,1-4H3. The highest BCUT2D eigenvalue weighted by Crippen LogP contribution is 2.47. The number of halogens is 1. The summed E-state index contributed by atoms with van der Waals surface area (Å²) in [6.45, 7) is 6.90. The SMILES string of the molecule is CCN1C(=c2sc(=C3C(=O)N(c4ccc(Cl)cc4)N=C3C)n(CC)c2=O)Sc2ccc(OC)cc21. The van der Waals surface area contributed by atoms with Crippen molar-refractivity contribution in [2.45, 2.75) is 32.2 Å². The molecule has 0 radical (unpaired) electrons. The van der Waals surface area contributed by atoms with Crippen LogP contribution in [0.4, 0.5) is 11.4 Å². The van der Waals surface area contributed by atoms with Crippen molar-refractivity contribution < 1.29 is 9.53 Å². The molecule has 3 heterocycles. The molecule has 0 aliphatic carbocycles. The number of nitrogens with zero attached hydrogens (tertiary/aromatic N) is 4. The number of thioether (sulfide) groups is 1. The van der Waals surface area contributed by atoms with E-state index in [4.69, 9.17) is 16.3 Å². The molecule has 0 spiro atoms. The quantitative estimate of drug-likeness (QED) is 0.516. The van der Waals surface area contributed by atoms with Crippen LogP contribution in [0, 0.1) is 0 Å². The number of carbonyl (C=O) groups is 1. The van der Waals surface area contributed by atoms with Crippen molar-refractivity contribution in [1.29, 1.82) is 0 Å². The van der Waals surface area contributed by atoms with Crippen LogP contribution < -0.4 is 29.4 Å². The highest BCUT2D eigenvalue weighted by atomic mass is 35.5. The van der Waals surface area contributed by atoms with Crippen molar-refractivity contribution in [1.82, 2.24) is 4.57 Å². The van der Waals surface area contributed by atoms with Crippen molar-refractivity contribution >= 4 is 68.3 Å². The topological polar surface area (TPSA) is 67.1 Å². The fourth-order valence-corrected chi connectivity index (χ4v) is 6.96. The summed E-state index contributed by atoms with van der Waals surface area (Å²) in [6.07, 6.45) is 0. The zero-order valence-corrected chi connectivity index (χ0v) is 22.1. The predicted octanol–water partition coefficient (Wildman–Crippen LogP) is 3.86. The normalized spacial score (nSPS) is 18.3. The van der Waals surface area contributed by atoms with E-state index >= 15 is 0 Å². The molecule has 2 aliphatic heterocycles. The monoisotopic (exact) mass is 526 g/mol. The van der Waals surface area contributed by atoms with Crippen LogP contribution in [0.2, 0.25) is 5.02 Å². The van der Waals surface area contributed by atoms with Crippen molar-refractivity contribution in [3.05, 3.63) is 67.0 Å². The molecular weight excluding hydrogens is 504 g/mol. The largest absolute Gasteiger partial charge is 0.497 e. The summed E-state index contributed by atoms with van der Waals surface area (Å²) in [5.74, 6) is 0.507. The maximum absolute atomic E-state index is 13.6. The Labute approximate surface area is 215 Å². The summed E-state index contributed by atoms with van der Waals surface area (Å²) in [4.78, 5) is 30.3. The van der Waals surface area contributed by atoms with Gasteiger partial charge in [0.2, 0.25) is 0 Å². The van der Waals surface area contributed by atoms with Crippen LogP contribution in [0.1, 0.15) is 20.8 Å². The Morgan fingerprint density at radius 2 is 1.80 bits per heavy atom. The average molecular weight is 527 g/mol. The van der Waals surface area contributed by atoms with Crippen molar-refractivity contribution in [2.75, 3.05) is 23.6 Å². The third kappa shape index (κ3) is 3.87. The van der Waals surface area contributed by atoms with Crippen LogP contribution in [-0.2, 0) is 11.3 Å². The Morgan fingerprint density at radius 3 is 2.46 bits per heavy atom. The fourth-order valence-electron chi connectivity index (χ4n) is 4.20. The molecule has 0 bridgehead atoms. The molecule has 0 unspecified atom stereocenters. The lowest BCUT2D eigenvalue weighted by atomic mass is 10.2. The van der Waals surface area contributed by atoms with Crippen LogP contribution in [0.25, 0.3) is 10.6 Å². The van der Waals surface area contributed by atoms with Gasteiger partial charge in [0.15, 0.2) is 0 Å². The maximum Gasteiger partial charge on any atom is 0.283 e. The molecule has 0 N–H and O–H groups in total. The highest BCUT2D eigenvalue weighted by molar-refractivity contribution is 8.08. The summed E-state index contributed by atoms with van der Waals surface area (Å²) >= 11 is 8.92. The van der Waals surface area contributed by atoms with Gasteiger partial charge in [-0.05, 0) is 57.2 Å². The number of hydrogen-bond acceptors (Lipinski definition) is 7. The summed E-state index contributed by atoms with van der Waals surface area (Å²) in [6, 6.07) is 12.9. The summed E-state index contributed by atoms with van der Waals surface area (Å²) in [5, 5.41) is 7.31. The molecule has 2 aliphatic rings. The minimum Gasteiger partial charge on any atom is -0.497 e. The summed E-state index contributed by atoms with van der Waals surface area (Å²) < 4.78 is 8.31. The van der Waals surface area contributed by atoms with E-state index < -0.39 is 0 Å². The second-order valence-electron chi connectivity index (χ2n) is 7.92. The molecule has 2 aromatic carbocycles. The van der Waals surface area contributed by atoms with E-state index in [9.17, 15) is 9.59 Å². The number of benzene rings is 2. The zero-order chi connectivity index (χ0) is 24.9. The Bertz CT molecular complexity index is 1560. The number of methoxy groups -OCH3 is 1. The number of hydrogen-bond donors (Lipinski definition) is 0. The van der Waals surface area contributed by atoms with Gasteiger partial charge in [-0.25, -0.2) is 0 Å². The lowest BCUT2D eigenvalue weighted by molar-refractivity contribution is -0.112. The molecule has 0 fully saturated rings. The molecule has 180 valence electrons. The third-order valence-corrected chi connectivity index (χ3v) is 8.68. The van der Waals surface area contributed by atoms with Crippen LogP contribution in [-0.4, -0.2) is 29.8 Å². The van der Waals surface area contributed by atoms with Gasteiger partial charge in [0, 0.05) is 29.1 Å². The van der Waals surface area contributed by atoms with Crippen LogP contribution in [0.5, 0.6) is 5.75 Å². The van der Waals surface area contributed by atoms with Gasteiger partial charge in [0.25, 0.3) is 11.5 Å². The molecule has 10 heteroatoms. The first-order valence-corrected chi connectivity index (χ1v) is 13.2. The van der Waals surface area contributed by atoms with Crippen LogP contribution in [0.3, 0.4) is 0 Å². The first-order valence-electron chi connectivity index (χ1n) is 11.1. The number of amides is 1. The first kappa shape index (κ1) is 23.7. The molecule has 1 amide bonds. The minimum atomic E-state index is -0.260. The van der Waals surface area contributed by atoms with E-state index in [1.54, 1.807) is 54.6 Å². The summed E-state index contributed by atoms with van der Waals surface area (Å²) in [5.41, 5.74) is 2.55. The van der Waals surface area contributed by atoms with Gasteiger partial charge in [-0.15, -0.1) is 11.3 Å². The van der Waals surface area contributed by atoms with Gasteiger partial charge >= 0.3 is 0 Å². The van der Waals surface area contributed by atoms with Gasteiger partial charge in [0.05, 0.1) is 29.8 Å². The molecule has 35 heavy (non-hydrogen) atoms. The number of fused-ring (bicyclic) bond motifs is 1. The van der Waals surface area contributed by atoms with Gasteiger partial charge in [-0.1, -0.05) is 23.4 Å². The molecule has 3 aromatic rings. The van der Waals surface area contributed by atoms with E-state index in [0.717, 1.165) is 21.4 Å². The van der Waals surface area contributed by atoms with Gasteiger partial charge < -0.3 is 9.64 Å². The number of ether oxygens (including phenoxy) is 1. The molecule has 0 atom stereocenters. The zero-order valence-electron chi connectivity index (χ0n) is 19.7. The highest BCUT2D eigenvalue weighted by Gasteiger charge is 2.32. The fraction of sp³-hybridized carbons (Fsp3) is 0.240. The van der Waals surface area contributed by atoms with Crippen molar-refractivity contribution in [2.24, 2.45) is 5.10 Å². The number of rotatable bonds is 4. The molecule has 5 rings (SSSR count). The number of aromatic nitrogens is 1. The Balaban J connectivity index is 1.70. The predicted molar refractivity (Wildman–Crippen MR) is 144 cm³/mol. The number of carbonyl (C=O) groups excluding carboxylic acids is 1. The van der Waals surface area contributed by atoms with Gasteiger partial charge in [0.1, 0.15) is 20.0 Å². The van der Waals surface area contributed by atoms with E-state index in [2.05, 4.69) is 16.9 Å². The smallest absolute Gasteiger partial charge is 0.283 e. The molecular formula is C25H23ClN4O3S2. The second-order valence-corrected chi connectivity index (χ2v) is 10.4. The molecule has 0 saturated carbocycles. The number of hydrazone groups is 1. The van der Waals surface area contributed by atoms with E-state index in [1.807, 2.05) is 25.1 Å². The Kier molecular flexibility index (Phi) is 6.25. The molecule has 7 nitrogen and oxygen atoms in total. The second kappa shape index (κ2) is 9.22. The summed E-state index contributed by atoms with van der Waals surface area (Å²) in [7, 11) is 1.64. The average Bonchev–Trinajstić information content (AvgIpc) is 3.48. The number of thiazole rings is 1. The minimum absolute atomic E-state index is 0.105. The van der Waals surface area contributed by atoms with Crippen LogP contribution >= 0.6 is 34.7 Å². The first-order chi connectivity index (χ1) is 16.9. The Hall–Kier alpha value is -3.01. The molecule has 0 saturated heterocycles. The van der Waals surface area contributed by atoms with E-state index in [0.29, 0.717) is 44.3 Å².